The summed E-state index contributed by atoms with van der Waals surface area (Å²) in [6.07, 6.45) is 4.15. The molecule has 2 rings (SSSR count). The van der Waals surface area contributed by atoms with E-state index in [0.717, 1.165) is 19.1 Å². The molecule has 0 spiro atoms. The minimum absolute atomic E-state index is 0.658. The molecular weight excluding hydrogens is 228 g/mol. The van der Waals surface area contributed by atoms with Crippen molar-refractivity contribution in [1.29, 1.82) is 0 Å². The summed E-state index contributed by atoms with van der Waals surface area (Å²) >= 11 is 1.83. The van der Waals surface area contributed by atoms with Crippen LogP contribution < -0.4 is 5.32 Å². The lowest BCUT2D eigenvalue weighted by molar-refractivity contribution is 0.113. The van der Waals surface area contributed by atoms with Crippen molar-refractivity contribution in [3.05, 3.63) is 22.4 Å². The maximum absolute atomic E-state index is 3.57. The molecule has 1 aliphatic heterocycles. The van der Waals surface area contributed by atoms with Crippen LogP contribution in [0.3, 0.4) is 0 Å². The first-order valence-electron chi connectivity index (χ1n) is 6.76. The standard InChI is InChI=1S/C14H24N2S/c1-12-6-3-4-8-16(12)13(2)10-15-11-14-7-5-9-17-14/h5,7,9,12-13,15H,3-4,6,8,10-11H2,1-2H3. The van der Waals surface area contributed by atoms with Gasteiger partial charge < -0.3 is 5.32 Å². The average Bonchev–Trinajstić information content (AvgIpc) is 2.82. The van der Waals surface area contributed by atoms with Crippen molar-refractivity contribution in [3.8, 4) is 0 Å². The summed E-state index contributed by atoms with van der Waals surface area (Å²) in [5.74, 6) is 0. The third kappa shape index (κ3) is 3.80. The fraction of sp³-hybridized carbons (Fsp3) is 0.714. The van der Waals surface area contributed by atoms with E-state index in [1.807, 2.05) is 11.3 Å². The fourth-order valence-corrected chi connectivity index (χ4v) is 3.38. The monoisotopic (exact) mass is 252 g/mol. The van der Waals surface area contributed by atoms with E-state index >= 15 is 0 Å². The number of hydrogen-bond donors (Lipinski definition) is 1. The molecule has 17 heavy (non-hydrogen) atoms. The van der Waals surface area contributed by atoms with Gasteiger partial charge in [0.1, 0.15) is 0 Å². The summed E-state index contributed by atoms with van der Waals surface area (Å²) in [7, 11) is 0. The van der Waals surface area contributed by atoms with Gasteiger partial charge in [-0.15, -0.1) is 11.3 Å². The van der Waals surface area contributed by atoms with Gasteiger partial charge in [0.25, 0.3) is 0 Å². The van der Waals surface area contributed by atoms with Crippen LogP contribution in [0, 0.1) is 0 Å². The Labute approximate surface area is 109 Å². The maximum atomic E-state index is 3.57. The van der Waals surface area contributed by atoms with E-state index in [0.29, 0.717) is 6.04 Å². The van der Waals surface area contributed by atoms with Crippen LogP contribution in [-0.2, 0) is 6.54 Å². The minimum Gasteiger partial charge on any atom is -0.310 e. The van der Waals surface area contributed by atoms with Gasteiger partial charge >= 0.3 is 0 Å². The molecule has 1 aromatic rings. The molecule has 96 valence electrons. The molecule has 1 saturated heterocycles. The van der Waals surface area contributed by atoms with Crippen molar-refractivity contribution in [3.63, 3.8) is 0 Å². The quantitative estimate of drug-likeness (QED) is 0.866. The molecule has 1 N–H and O–H groups in total. The fourth-order valence-electron chi connectivity index (χ4n) is 2.71. The maximum Gasteiger partial charge on any atom is 0.0300 e. The third-order valence-corrected chi connectivity index (χ3v) is 4.62. The number of nitrogens with zero attached hydrogens (tertiary/aromatic N) is 1. The summed E-state index contributed by atoms with van der Waals surface area (Å²) < 4.78 is 0. The zero-order chi connectivity index (χ0) is 12.1. The van der Waals surface area contributed by atoms with Crippen LogP contribution >= 0.6 is 11.3 Å². The molecule has 0 saturated carbocycles. The summed E-state index contributed by atoms with van der Waals surface area (Å²) in [6, 6.07) is 5.75. The molecule has 1 aliphatic rings. The van der Waals surface area contributed by atoms with E-state index in [1.54, 1.807) is 0 Å². The number of likely N-dealkylation sites (tertiary alicyclic amines) is 1. The van der Waals surface area contributed by atoms with Gasteiger partial charge in [-0.25, -0.2) is 0 Å². The molecule has 0 bridgehead atoms. The van der Waals surface area contributed by atoms with E-state index in [4.69, 9.17) is 0 Å². The summed E-state index contributed by atoms with van der Waals surface area (Å²) in [5, 5.41) is 5.72. The summed E-state index contributed by atoms with van der Waals surface area (Å²) in [6.45, 7) is 8.12. The number of hydrogen-bond acceptors (Lipinski definition) is 3. The highest BCUT2D eigenvalue weighted by Crippen LogP contribution is 2.18. The van der Waals surface area contributed by atoms with E-state index in [1.165, 1.54) is 30.7 Å². The molecule has 0 aromatic carbocycles. The van der Waals surface area contributed by atoms with Gasteiger partial charge in [0.05, 0.1) is 0 Å². The van der Waals surface area contributed by atoms with E-state index < -0.39 is 0 Å². The molecule has 1 aromatic heterocycles. The molecule has 0 radical (unpaired) electrons. The predicted octanol–water partition coefficient (Wildman–Crippen LogP) is 3.10. The van der Waals surface area contributed by atoms with Gasteiger partial charge in [0.2, 0.25) is 0 Å². The van der Waals surface area contributed by atoms with E-state index in [9.17, 15) is 0 Å². The molecule has 3 heteroatoms. The van der Waals surface area contributed by atoms with Crippen LogP contribution in [0.5, 0.6) is 0 Å². The van der Waals surface area contributed by atoms with Crippen LogP contribution in [0.25, 0.3) is 0 Å². The lowest BCUT2D eigenvalue weighted by atomic mass is 10.0. The van der Waals surface area contributed by atoms with E-state index in [-0.39, 0.29) is 0 Å². The first-order valence-corrected chi connectivity index (χ1v) is 7.64. The molecule has 2 heterocycles. The first-order chi connectivity index (χ1) is 8.27. The third-order valence-electron chi connectivity index (χ3n) is 3.74. The average molecular weight is 252 g/mol. The summed E-state index contributed by atoms with van der Waals surface area (Å²) in [4.78, 5) is 4.09. The van der Waals surface area contributed by atoms with Gasteiger partial charge in [0, 0.05) is 30.1 Å². The van der Waals surface area contributed by atoms with Crippen molar-refractivity contribution < 1.29 is 0 Å². The SMILES string of the molecule is CC1CCCCN1C(C)CNCc1cccs1. The van der Waals surface area contributed by atoms with Crippen molar-refractivity contribution in [1.82, 2.24) is 10.2 Å². The number of piperidine rings is 1. The molecule has 2 atom stereocenters. The Morgan fingerprint density at radius 3 is 3.12 bits per heavy atom. The lowest BCUT2D eigenvalue weighted by Gasteiger charge is -2.38. The van der Waals surface area contributed by atoms with Crippen molar-refractivity contribution in [2.45, 2.75) is 51.7 Å². The predicted molar refractivity (Wildman–Crippen MR) is 75.5 cm³/mol. The lowest BCUT2D eigenvalue weighted by Crippen LogP contribution is -2.47. The Bertz CT molecular complexity index is 310. The van der Waals surface area contributed by atoms with Crippen LogP contribution in [-0.4, -0.2) is 30.1 Å². The smallest absolute Gasteiger partial charge is 0.0300 e. The zero-order valence-corrected chi connectivity index (χ0v) is 11.8. The van der Waals surface area contributed by atoms with Gasteiger partial charge in [0.15, 0.2) is 0 Å². The molecule has 2 unspecified atom stereocenters. The number of thiophene rings is 1. The highest BCUT2D eigenvalue weighted by Gasteiger charge is 2.22. The van der Waals surface area contributed by atoms with Crippen molar-refractivity contribution in [2.75, 3.05) is 13.1 Å². The van der Waals surface area contributed by atoms with E-state index in [2.05, 4.69) is 41.6 Å². The molecule has 0 aliphatic carbocycles. The number of rotatable bonds is 5. The summed E-state index contributed by atoms with van der Waals surface area (Å²) in [5.41, 5.74) is 0. The molecule has 0 amide bonds. The normalized spacial score (nSPS) is 23.8. The van der Waals surface area contributed by atoms with Gasteiger partial charge in [-0.2, -0.15) is 0 Å². The largest absolute Gasteiger partial charge is 0.310 e. The van der Waals surface area contributed by atoms with Crippen LogP contribution in [0.4, 0.5) is 0 Å². The second kappa shape index (κ2) is 6.53. The van der Waals surface area contributed by atoms with Gasteiger partial charge in [-0.05, 0) is 44.7 Å². The second-order valence-corrected chi connectivity index (χ2v) is 6.17. The van der Waals surface area contributed by atoms with Crippen molar-refractivity contribution in [2.24, 2.45) is 0 Å². The highest BCUT2D eigenvalue weighted by atomic mass is 32.1. The highest BCUT2D eigenvalue weighted by molar-refractivity contribution is 7.09. The van der Waals surface area contributed by atoms with Gasteiger partial charge in [-0.3, -0.25) is 4.90 Å². The second-order valence-electron chi connectivity index (χ2n) is 5.14. The van der Waals surface area contributed by atoms with Crippen LogP contribution in [0.2, 0.25) is 0 Å². The van der Waals surface area contributed by atoms with Gasteiger partial charge in [-0.1, -0.05) is 12.5 Å². The first kappa shape index (κ1) is 13.1. The molecule has 2 nitrogen and oxygen atoms in total. The minimum atomic E-state index is 0.658. The molecular formula is C14H24N2S. The Hall–Kier alpha value is -0.380. The van der Waals surface area contributed by atoms with Crippen LogP contribution in [0.15, 0.2) is 17.5 Å². The molecule has 1 fully saturated rings. The van der Waals surface area contributed by atoms with Crippen molar-refractivity contribution >= 4 is 11.3 Å². The Balaban J connectivity index is 1.71. The Kier molecular flexibility index (Phi) is 5.01. The zero-order valence-electron chi connectivity index (χ0n) is 11.0. The number of nitrogens with one attached hydrogen (secondary N) is 1. The Morgan fingerprint density at radius 1 is 1.53 bits per heavy atom. The Morgan fingerprint density at radius 2 is 2.41 bits per heavy atom. The van der Waals surface area contributed by atoms with Crippen LogP contribution in [0.1, 0.15) is 38.0 Å². The topological polar surface area (TPSA) is 15.3 Å².